The number of rotatable bonds is 3. The highest BCUT2D eigenvalue weighted by molar-refractivity contribution is 5.71. The van der Waals surface area contributed by atoms with Crippen LogP contribution in [-0.4, -0.2) is 29.1 Å². The van der Waals surface area contributed by atoms with Crippen molar-refractivity contribution < 1.29 is 14.3 Å². The second kappa shape index (κ2) is 4.06. The average Bonchev–Trinajstić information content (AvgIpc) is 2.75. The average molecular weight is 209 g/mol. The highest BCUT2D eigenvalue weighted by Gasteiger charge is 2.34. The molecule has 0 bridgehead atoms. The van der Waals surface area contributed by atoms with Gasteiger partial charge in [0.2, 0.25) is 0 Å². The molecule has 4 heteroatoms. The highest BCUT2D eigenvalue weighted by atomic mass is 16.4. The molecule has 2 rings (SSSR count). The molecule has 1 aliphatic rings. The molecule has 1 aromatic heterocycles. The zero-order valence-corrected chi connectivity index (χ0v) is 8.72. The topological polar surface area (TPSA) is 53.7 Å². The van der Waals surface area contributed by atoms with Gasteiger partial charge in [0.15, 0.2) is 0 Å². The zero-order chi connectivity index (χ0) is 10.8. The first-order valence-electron chi connectivity index (χ1n) is 5.13. The Morgan fingerprint density at radius 1 is 1.67 bits per heavy atom. The van der Waals surface area contributed by atoms with Crippen LogP contribution in [0.2, 0.25) is 0 Å². The predicted molar refractivity (Wildman–Crippen MR) is 54.3 cm³/mol. The first-order chi connectivity index (χ1) is 7.16. The van der Waals surface area contributed by atoms with Crippen LogP contribution in [-0.2, 0) is 11.3 Å². The fraction of sp³-hybridized carbons (Fsp3) is 0.545. The lowest BCUT2D eigenvalue weighted by molar-refractivity contribution is -0.142. The third kappa shape index (κ3) is 2.21. The first-order valence-corrected chi connectivity index (χ1v) is 5.13. The summed E-state index contributed by atoms with van der Waals surface area (Å²) >= 11 is 0. The maximum absolute atomic E-state index is 10.9. The van der Waals surface area contributed by atoms with Gasteiger partial charge in [-0.1, -0.05) is 6.92 Å². The fourth-order valence-electron chi connectivity index (χ4n) is 2.16. The van der Waals surface area contributed by atoms with Gasteiger partial charge < -0.3 is 9.52 Å². The normalized spacial score (nSPS) is 27.0. The van der Waals surface area contributed by atoms with Gasteiger partial charge in [0, 0.05) is 25.2 Å². The lowest BCUT2D eigenvalue weighted by Gasteiger charge is -2.13. The minimum absolute atomic E-state index is 0.225. The first kappa shape index (κ1) is 10.2. The maximum Gasteiger partial charge on any atom is 0.308 e. The Balaban J connectivity index is 1.94. The summed E-state index contributed by atoms with van der Waals surface area (Å²) in [7, 11) is 0. The molecule has 0 saturated carbocycles. The number of likely N-dealkylation sites (tertiary alicyclic amines) is 1. The molecule has 4 nitrogen and oxygen atoms in total. The van der Waals surface area contributed by atoms with E-state index in [4.69, 9.17) is 9.52 Å². The van der Waals surface area contributed by atoms with Crippen molar-refractivity contribution in [3.05, 3.63) is 24.2 Å². The SMILES string of the molecule is C[C@@H]1CN(Cc2ccoc2)C[C@H]1C(=O)O. The standard InChI is InChI=1S/C11H15NO3/c1-8-4-12(6-10(8)11(13)14)5-9-2-3-15-7-9/h2-3,7-8,10H,4-6H2,1H3,(H,13,14)/t8-,10-/m1/s1. The van der Waals surface area contributed by atoms with E-state index in [2.05, 4.69) is 4.90 Å². The van der Waals surface area contributed by atoms with Crippen molar-refractivity contribution in [1.29, 1.82) is 0 Å². The van der Waals surface area contributed by atoms with Gasteiger partial charge in [0.1, 0.15) is 0 Å². The van der Waals surface area contributed by atoms with Crippen LogP contribution in [0.5, 0.6) is 0 Å². The molecule has 1 N–H and O–H groups in total. The highest BCUT2D eigenvalue weighted by Crippen LogP contribution is 2.24. The van der Waals surface area contributed by atoms with Crippen LogP contribution in [0, 0.1) is 11.8 Å². The Labute approximate surface area is 88.5 Å². The Morgan fingerprint density at radius 2 is 2.47 bits per heavy atom. The summed E-state index contributed by atoms with van der Waals surface area (Å²) < 4.78 is 4.98. The van der Waals surface area contributed by atoms with Gasteiger partial charge in [0.25, 0.3) is 0 Å². The van der Waals surface area contributed by atoms with Crippen LogP contribution in [0.4, 0.5) is 0 Å². The molecular formula is C11H15NO3. The van der Waals surface area contributed by atoms with Crippen LogP contribution >= 0.6 is 0 Å². The Bertz CT molecular complexity index is 334. The third-order valence-electron chi connectivity index (χ3n) is 2.99. The predicted octanol–water partition coefficient (Wildman–Crippen LogP) is 1.43. The van der Waals surface area contributed by atoms with E-state index in [1.54, 1.807) is 12.5 Å². The Kier molecular flexibility index (Phi) is 2.77. The molecule has 82 valence electrons. The molecule has 0 amide bonds. The summed E-state index contributed by atoms with van der Waals surface area (Å²) in [5.41, 5.74) is 1.10. The van der Waals surface area contributed by atoms with Gasteiger partial charge in [-0.15, -0.1) is 0 Å². The minimum atomic E-state index is -0.683. The van der Waals surface area contributed by atoms with Gasteiger partial charge in [0.05, 0.1) is 18.4 Å². The number of carboxylic acids is 1. The van der Waals surface area contributed by atoms with E-state index in [-0.39, 0.29) is 11.8 Å². The van der Waals surface area contributed by atoms with Gasteiger partial charge in [-0.2, -0.15) is 0 Å². The van der Waals surface area contributed by atoms with Gasteiger partial charge in [-0.05, 0) is 12.0 Å². The smallest absolute Gasteiger partial charge is 0.308 e. The monoisotopic (exact) mass is 209 g/mol. The van der Waals surface area contributed by atoms with Gasteiger partial charge in [-0.3, -0.25) is 9.69 Å². The lowest BCUT2D eigenvalue weighted by atomic mass is 9.99. The van der Waals surface area contributed by atoms with Crippen molar-refractivity contribution in [2.75, 3.05) is 13.1 Å². The third-order valence-corrected chi connectivity index (χ3v) is 2.99. The summed E-state index contributed by atoms with van der Waals surface area (Å²) in [6.45, 7) is 4.27. The fourth-order valence-corrected chi connectivity index (χ4v) is 2.16. The van der Waals surface area contributed by atoms with Crippen molar-refractivity contribution in [1.82, 2.24) is 4.90 Å². The quantitative estimate of drug-likeness (QED) is 0.818. The van der Waals surface area contributed by atoms with Gasteiger partial charge in [-0.25, -0.2) is 0 Å². The van der Waals surface area contributed by atoms with Crippen molar-refractivity contribution in [2.24, 2.45) is 11.8 Å². The van der Waals surface area contributed by atoms with Crippen molar-refractivity contribution in [3.8, 4) is 0 Å². The Morgan fingerprint density at radius 3 is 3.00 bits per heavy atom. The Hall–Kier alpha value is -1.29. The van der Waals surface area contributed by atoms with E-state index in [1.165, 1.54) is 0 Å². The van der Waals surface area contributed by atoms with E-state index in [0.717, 1.165) is 18.7 Å². The second-order valence-electron chi connectivity index (χ2n) is 4.25. The van der Waals surface area contributed by atoms with E-state index in [0.29, 0.717) is 6.54 Å². The molecule has 1 saturated heterocycles. The molecule has 1 fully saturated rings. The molecule has 2 atom stereocenters. The van der Waals surface area contributed by atoms with Crippen molar-refractivity contribution >= 4 is 5.97 Å². The van der Waals surface area contributed by atoms with E-state index in [1.807, 2.05) is 13.0 Å². The maximum atomic E-state index is 10.9. The molecular weight excluding hydrogens is 194 g/mol. The van der Waals surface area contributed by atoms with Crippen LogP contribution in [0.1, 0.15) is 12.5 Å². The molecule has 15 heavy (non-hydrogen) atoms. The molecule has 0 spiro atoms. The summed E-state index contributed by atoms with van der Waals surface area (Å²) in [6, 6.07) is 1.92. The number of carbonyl (C=O) groups is 1. The number of hydrogen-bond acceptors (Lipinski definition) is 3. The molecule has 0 radical (unpaired) electrons. The van der Waals surface area contributed by atoms with Crippen LogP contribution in [0.25, 0.3) is 0 Å². The van der Waals surface area contributed by atoms with Crippen LogP contribution < -0.4 is 0 Å². The molecule has 0 aromatic carbocycles. The lowest BCUT2D eigenvalue weighted by Crippen LogP contribution is -2.22. The van der Waals surface area contributed by atoms with Crippen molar-refractivity contribution in [3.63, 3.8) is 0 Å². The van der Waals surface area contributed by atoms with E-state index in [9.17, 15) is 4.79 Å². The number of carboxylic acid groups (broad SMARTS) is 1. The number of hydrogen-bond donors (Lipinski definition) is 1. The number of furan rings is 1. The molecule has 2 heterocycles. The second-order valence-corrected chi connectivity index (χ2v) is 4.25. The summed E-state index contributed by atoms with van der Waals surface area (Å²) in [5.74, 6) is -0.677. The number of aliphatic carboxylic acids is 1. The molecule has 0 unspecified atom stereocenters. The minimum Gasteiger partial charge on any atom is -0.481 e. The van der Waals surface area contributed by atoms with Gasteiger partial charge >= 0.3 is 5.97 Å². The number of nitrogens with zero attached hydrogens (tertiary/aromatic N) is 1. The van der Waals surface area contributed by atoms with Crippen LogP contribution in [0.15, 0.2) is 23.0 Å². The zero-order valence-electron chi connectivity index (χ0n) is 8.72. The summed E-state index contributed by atoms with van der Waals surface area (Å²) in [4.78, 5) is 13.1. The molecule has 1 aliphatic heterocycles. The van der Waals surface area contributed by atoms with E-state index >= 15 is 0 Å². The summed E-state index contributed by atoms with van der Waals surface area (Å²) in [6.07, 6.45) is 3.35. The molecule has 0 aliphatic carbocycles. The van der Waals surface area contributed by atoms with E-state index < -0.39 is 5.97 Å². The largest absolute Gasteiger partial charge is 0.481 e. The van der Waals surface area contributed by atoms with Crippen molar-refractivity contribution in [2.45, 2.75) is 13.5 Å². The summed E-state index contributed by atoms with van der Waals surface area (Å²) in [5, 5.41) is 8.98. The molecule has 1 aromatic rings. The van der Waals surface area contributed by atoms with Crippen LogP contribution in [0.3, 0.4) is 0 Å².